The Morgan fingerprint density at radius 3 is 2.44 bits per heavy atom. The summed E-state index contributed by atoms with van der Waals surface area (Å²) in [6.45, 7) is 7.91. The lowest BCUT2D eigenvalue weighted by molar-refractivity contribution is -0.167. The fraction of sp³-hybridized carbons (Fsp3) is 0.565. The summed E-state index contributed by atoms with van der Waals surface area (Å²) in [7, 11) is 1.15. The van der Waals surface area contributed by atoms with Crippen LogP contribution in [0.1, 0.15) is 56.5 Å². The first-order chi connectivity index (χ1) is 16.7. The van der Waals surface area contributed by atoms with Crippen LogP contribution in [-0.2, 0) is 28.7 Å². The van der Waals surface area contributed by atoms with E-state index >= 15 is 0 Å². The molecular weight excluding hydrogens is 508 g/mol. The molecule has 196 valence electrons. The Balaban J connectivity index is 1.90. The van der Waals surface area contributed by atoms with Gasteiger partial charge < -0.3 is 25.8 Å². The molecule has 11 nitrogen and oxygen atoms in total. The number of hydrogen-bond acceptors (Lipinski definition) is 12. The molecule has 0 aliphatic carbocycles. The summed E-state index contributed by atoms with van der Waals surface area (Å²) in [5.41, 5.74) is 10.1. The molecule has 0 radical (unpaired) electrons. The molecule has 0 bridgehead atoms. The lowest BCUT2D eigenvalue weighted by atomic mass is 9.79. The van der Waals surface area contributed by atoms with Crippen LogP contribution < -0.4 is 11.5 Å². The van der Waals surface area contributed by atoms with Gasteiger partial charge in [-0.25, -0.2) is 9.78 Å². The van der Waals surface area contributed by atoms with Crippen LogP contribution in [0.4, 0.5) is 5.00 Å². The van der Waals surface area contributed by atoms with Crippen molar-refractivity contribution in [2.45, 2.75) is 57.4 Å². The number of esters is 2. The first kappa shape index (κ1) is 27.8. The van der Waals surface area contributed by atoms with Crippen molar-refractivity contribution < 1.29 is 33.4 Å². The molecule has 1 aromatic heterocycles. The van der Waals surface area contributed by atoms with Crippen LogP contribution in [0, 0.1) is 11.3 Å². The maximum atomic E-state index is 13.6. The average molecular weight is 539 g/mol. The number of carbonyl (C=O) groups is 5. The number of nitrogen functional groups attached to an aromatic ring is 1. The van der Waals surface area contributed by atoms with Crippen LogP contribution in [0.2, 0.25) is 0 Å². The van der Waals surface area contributed by atoms with Gasteiger partial charge in [0.2, 0.25) is 10.9 Å². The van der Waals surface area contributed by atoms with E-state index in [9.17, 15) is 24.0 Å². The summed E-state index contributed by atoms with van der Waals surface area (Å²) in [6, 6.07) is 0. The molecule has 4 atom stereocenters. The Kier molecular flexibility index (Phi) is 7.68. The first-order valence-electron chi connectivity index (χ1n) is 11.2. The highest BCUT2D eigenvalue weighted by Gasteiger charge is 2.64. The van der Waals surface area contributed by atoms with Gasteiger partial charge in [-0.3, -0.25) is 19.2 Å². The molecule has 0 saturated carbocycles. The molecule has 3 rings (SSSR count). The highest BCUT2D eigenvalue weighted by atomic mass is 32.2. The third-order valence-electron chi connectivity index (χ3n) is 5.95. The Bertz CT molecular complexity index is 1160. The molecule has 36 heavy (non-hydrogen) atoms. The summed E-state index contributed by atoms with van der Waals surface area (Å²) in [5, 5.41) is -1.56. The Labute approximate surface area is 216 Å². The van der Waals surface area contributed by atoms with Gasteiger partial charge in [0.25, 0.3) is 0 Å². The SMILES string of the molecule is CC/C=C(\C(=O)C1C(=O)N2CC(C(C)=O)(C(=O)OC)C(N)S[C@H]12)c1nc(C(=O)OC(C)(C)C)sc1N. The number of thioether (sulfide) groups is 1. The number of ketones is 2. The van der Waals surface area contributed by atoms with Crippen LogP contribution in [0.25, 0.3) is 5.57 Å². The number of hydrogen-bond donors (Lipinski definition) is 2. The lowest BCUT2D eigenvalue weighted by Crippen LogP contribution is -2.72. The van der Waals surface area contributed by atoms with Gasteiger partial charge in [-0.2, -0.15) is 0 Å². The van der Waals surface area contributed by atoms with Gasteiger partial charge in [-0.1, -0.05) is 24.3 Å². The predicted octanol–water partition coefficient (Wildman–Crippen LogP) is 1.61. The van der Waals surface area contributed by atoms with Crippen molar-refractivity contribution in [2.24, 2.45) is 17.1 Å². The smallest absolute Gasteiger partial charge is 0.368 e. The highest BCUT2D eigenvalue weighted by molar-refractivity contribution is 8.00. The van der Waals surface area contributed by atoms with Crippen LogP contribution in [-0.4, -0.2) is 69.3 Å². The quantitative estimate of drug-likeness (QED) is 0.223. The zero-order valence-electron chi connectivity index (χ0n) is 20.9. The molecule has 2 aliphatic rings. The molecule has 0 spiro atoms. The minimum absolute atomic E-state index is 0.00725. The first-order valence-corrected chi connectivity index (χ1v) is 13.0. The van der Waals surface area contributed by atoms with Crippen molar-refractivity contribution >= 4 is 63.1 Å². The van der Waals surface area contributed by atoms with Gasteiger partial charge >= 0.3 is 11.9 Å². The number of aromatic nitrogens is 1. The van der Waals surface area contributed by atoms with Gasteiger partial charge in [-0.05, 0) is 34.1 Å². The largest absolute Gasteiger partial charge is 0.468 e. The molecule has 3 heterocycles. The van der Waals surface area contributed by atoms with E-state index in [0.29, 0.717) is 6.42 Å². The van der Waals surface area contributed by atoms with Crippen LogP contribution in [0.5, 0.6) is 0 Å². The van der Waals surface area contributed by atoms with E-state index < -0.39 is 57.1 Å². The average Bonchev–Trinajstić information content (AvgIpc) is 3.17. The number of β-lactam (4-membered cyclic amide) rings is 1. The number of carbonyl (C=O) groups excluding carboxylic acids is 5. The summed E-state index contributed by atoms with van der Waals surface area (Å²) >= 11 is 1.89. The van der Waals surface area contributed by atoms with Gasteiger partial charge in [0.1, 0.15) is 22.2 Å². The standard InChI is InChI=1S/C23H30N4O7S2/c1-7-8-11(13-15(24)35-16(26-13)19(31)34-22(3,4)5)14(29)12-17(30)27-9-23(10(2)28,21(32)33-6)20(25)36-18(12)27/h8,12,18,20H,7,9,24-25H2,1-6H3/b11-8-/t12?,18-,20?,23?/m1/s1. The van der Waals surface area contributed by atoms with E-state index in [1.807, 2.05) is 6.92 Å². The lowest BCUT2D eigenvalue weighted by Gasteiger charge is -2.55. The van der Waals surface area contributed by atoms with Crippen LogP contribution in [0.3, 0.4) is 0 Å². The van der Waals surface area contributed by atoms with Crippen molar-refractivity contribution in [3.63, 3.8) is 0 Å². The van der Waals surface area contributed by atoms with Gasteiger partial charge in [0.05, 0.1) is 17.9 Å². The van der Waals surface area contributed by atoms with Crippen molar-refractivity contribution in [2.75, 3.05) is 19.4 Å². The molecule has 13 heteroatoms. The van der Waals surface area contributed by atoms with Crippen molar-refractivity contribution in [1.29, 1.82) is 0 Å². The fourth-order valence-corrected chi connectivity index (χ4v) is 6.46. The summed E-state index contributed by atoms with van der Waals surface area (Å²) in [6.07, 6.45) is 2.04. The zero-order chi connectivity index (χ0) is 27.2. The second-order valence-corrected chi connectivity index (χ2v) is 11.8. The molecule has 2 saturated heterocycles. The summed E-state index contributed by atoms with van der Waals surface area (Å²) < 4.78 is 10.2. The maximum Gasteiger partial charge on any atom is 0.368 e. The maximum absolute atomic E-state index is 13.6. The molecule has 2 aliphatic heterocycles. The molecule has 3 unspecified atom stereocenters. The molecule has 2 fully saturated rings. The summed E-state index contributed by atoms with van der Waals surface area (Å²) in [5.74, 6) is -4.19. The van der Waals surface area contributed by atoms with Gasteiger partial charge in [0, 0.05) is 12.1 Å². The van der Waals surface area contributed by atoms with E-state index in [1.54, 1.807) is 26.8 Å². The third kappa shape index (κ3) is 4.66. The number of rotatable bonds is 7. The van der Waals surface area contributed by atoms with Crippen molar-refractivity contribution in [3.8, 4) is 0 Å². The second-order valence-electron chi connectivity index (χ2n) is 9.53. The van der Waals surface area contributed by atoms with E-state index in [2.05, 4.69) is 4.98 Å². The minimum atomic E-state index is -1.72. The minimum Gasteiger partial charge on any atom is -0.468 e. The van der Waals surface area contributed by atoms with E-state index in [4.69, 9.17) is 20.9 Å². The number of Topliss-reactive ketones (excluding diaryl/α,β-unsaturated/α-hetero) is 2. The molecule has 1 aromatic rings. The summed E-state index contributed by atoms with van der Waals surface area (Å²) in [4.78, 5) is 69.6. The van der Waals surface area contributed by atoms with E-state index in [1.165, 1.54) is 11.8 Å². The third-order valence-corrected chi connectivity index (χ3v) is 8.31. The number of methoxy groups -OCH3 is 1. The number of ether oxygens (including phenoxy) is 2. The number of nitrogens with zero attached hydrogens (tertiary/aromatic N) is 2. The van der Waals surface area contributed by atoms with Crippen molar-refractivity contribution in [1.82, 2.24) is 9.88 Å². The normalized spacial score (nSPS) is 26.1. The predicted molar refractivity (Wildman–Crippen MR) is 135 cm³/mol. The fourth-order valence-electron chi connectivity index (χ4n) is 4.15. The molecular formula is C23H30N4O7S2. The Morgan fingerprint density at radius 2 is 1.92 bits per heavy atom. The number of nitrogens with two attached hydrogens (primary N) is 2. The van der Waals surface area contributed by atoms with E-state index in [0.717, 1.165) is 30.2 Å². The monoisotopic (exact) mass is 538 g/mol. The topological polar surface area (TPSA) is 172 Å². The molecule has 4 N–H and O–H groups in total. The van der Waals surface area contributed by atoms with Crippen LogP contribution in [0.15, 0.2) is 6.08 Å². The number of anilines is 1. The van der Waals surface area contributed by atoms with Crippen LogP contribution >= 0.6 is 23.1 Å². The second kappa shape index (κ2) is 9.94. The zero-order valence-corrected chi connectivity index (χ0v) is 22.6. The Morgan fingerprint density at radius 1 is 1.28 bits per heavy atom. The number of amides is 1. The highest BCUT2D eigenvalue weighted by Crippen LogP contribution is 2.50. The molecule has 0 aromatic carbocycles. The molecule has 1 amide bonds. The van der Waals surface area contributed by atoms with Gasteiger partial charge in [-0.15, -0.1) is 11.8 Å². The number of allylic oxidation sites excluding steroid dienone is 2. The van der Waals surface area contributed by atoms with Gasteiger partial charge in [0.15, 0.2) is 17.0 Å². The van der Waals surface area contributed by atoms with E-state index in [-0.39, 0.29) is 27.8 Å². The Hall–Kier alpha value is -2.77. The number of fused-ring (bicyclic) bond motifs is 1. The number of thiazole rings is 1. The van der Waals surface area contributed by atoms with Crippen molar-refractivity contribution in [3.05, 3.63) is 16.8 Å².